The summed E-state index contributed by atoms with van der Waals surface area (Å²) < 4.78 is 0. The molecule has 2 N–H and O–H groups in total. The lowest BCUT2D eigenvalue weighted by molar-refractivity contribution is 0.678. The van der Waals surface area contributed by atoms with Crippen LogP contribution in [-0.2, 0) is 5.16 Å². The first-order valence-corrected chi connectivity index (χ1v) is 8.58. The Morgan fingerprint density at radius 2 is 1.93 bits per heavy atom. The van der Waals surface area contributed by atoms with Crippen molar-refractivity contribution in [1.82, 2.24) is 0 Å². The second kappa shape index (κ2) is 3.80. The summed E-state index contributed by atoms with van der Waals surface area (Å²) in [5, 5.41) is 8.56. The molecule has 3 heteroatoms. The highest BCUT2D eigenvalue weighted by Gasteiger charge is 2.36. The summed E-state index contributed by atoms with van der Waals surface area (Å²) in [4.78, 5) is 0. The van der Waals surface area contributed by atoms with E-state index in [0.29, 0.717) is 5.56 Å². The Morgan fingerprint density at radius 1 is 1.33 bits per heavy atom. The predicted molar refractivity (Wildman–Crippen MR) is 66.0 cm³/mol. The first kappa shape index (κ1) is 12.0. The SMILES string of the molecule is CC(N)(c1cccc(C#N)c1)[Si](C)(C)C. The molecule has 1 aromatic carbocycles. The molecular formula is C12H18N2Si. The zero-order chi connectivity index (χ0) is 11.7. The highest BCUT2D eigenvalue weighted by atomic mass is 28.3. The van der Waals surface area contributed by atoms with Gasteiger partial charge >= 0.3 is 0 Å². The zero-order valence-electron chi connectivity index (χ0n) is 9.83. The number of rotatable bonds is 2. The van der Waals surface area contributed by atoms with E-state index in [2.05, 4.69) is 32.6 Å². The third kappa shape index (κ3) is 2.28. The molecule has 1 unspecified atom stereocenters. The van der Waals surface area contributed by atoms with Gasteiger partial charge in [-0.1, -0.05) is 31.8 Å². The first-order chi connectivity index (χ1) is 6.79. The van der Waals surface area contributed by atoms with Crippen LogP contribution in [0.2, 0.25) is 19.6 Å². The van der Waals surface area contributed by atoms with Crippen molar-refractivity contribution in [3.8, 4) is 6.07 Å². The van der Waals surface area contributed by atoms with Gasteiger partial charge in [-0.15, -0.1) is 0 Å². The molecule has 0 aromatic heterocycles. The van der Waals surface area contributed by atoms with Gasteiger partial charge in [0.05, 0.1) is 19.7 Å². The molecular weight excluding hydrogens is 200 g/mol. The van der Waals surface area contributed by atoms with Gasteiger partial charge in [0, 0.05) is 5.16 Å². The minimum atomic E-state index is -1.49. The lowest BCUT2D eigenvalue weighted by atomic mass is 10.1. The Labute approximate surface area is 92.7 Å². The van der Waals surface area contributed by atoms with Crippen molar-refractivity contribution < 1.29 is 0 Å². The van der Waals surface area contributed by atoms with Crippen molar-refractivity contribution in [2.24, 2.45) is 5.73 Å². The van der Waals surface area contributed by atoms with Crippen molar-refractivity contribution in [3.63, 3.8) is 0 Å². The third-order valence-electron chi connectivity index (χ3n) is 3.15. The summed E-state index contributed by atoms with van der Waals surface area (Å²) >= 11 is 0. The Balaban J connectivity index is 3.23. The molecule has 0 aliphatic heterocycles. The second-order valence-electron chi connectivity index (χ2n) is 5.14. The van der Waals surface area contributed by atoms with E-state index in [1.807, 2.05) is 24.3 Å². The molecule has 0 spiro atoms. The van der Waals surface area contributed by atoms with Gasteiger partial charge in [-0.3, -0.25) is 0 Å². The molecule has 0 amide bonds. The average molecular weight is 218 g/mol. The van der Waals surface area contributed by atoms with E-state index in [0.717, 1.165) is 5.56 Å². The van der Waals surface area contributed by atoms with E-state index in [1.165, 1.54) is 0 Å². The van der Waals surface area contributed by atoms with E-state index in [1.54, 1.807) is 0 Å². The van der Waals surface area contributed by atoms with Crippen molar-refractivity contribution in [2.75, 3.05) is 0 Å². The topological polar surface area (TPSA) is 49.8 Å². The minimum absolute atomic E-state index is 0.292. The largest absolute Gasteiger partial charge is 0.324 e. The van der Waals surface area contributed by atoms with Gasteiger partial charge in [-0.25, -0.2) is 0 Å². The summed E-state index contributed by atoms with van der Waals surface area (Å²) in [7, 11) is -1.49. The summed E-state index contributed by atoms with van der Waals surface area (Å²) in [6.45, 7) is 8.79. The normalized spacial score (nSPS) is 15.5. The summed E-state index contributed by atoms with van der Waals surface area (Å²) in [5.74, 6) is 0. The molecule has 0 heterocycles. The maximum Gasteiger partial charge on any atom is 0.0991 e. The molecule has 1 aromatic rings. The fraction of sp³-hybridized carbons (Fsp3) is 0.417. The second-order valence-corrected chi connectivity index (χ2v) is 10.7. The van der Waals surface area contributed by atoms with Crippen LogP contribution in [0.25, 0.3) is 0 Å². The van der Waals surface area contributed by atoms with Crippen LogP contribution in [0.1, 0.15) is 18.1 Å². The van der Waals surface area contributed by atoms with Crippen LogP contribution in [0.4, 0.5) is 0 Å². The molecule has 1 rings (SSSR count). The van der Waals surface area contributed by atoms with Gasteiger partial charge in [0.15, 0.2) is 0 Å². The van der Waals surface area contributed by atoms with Gasteiger partial charge in [0.2, 0.25) is 0 Å². The van der Waals surface area contributed by atoms with E-state index in [-0.39, 0.29) is 5.16 Å². The molecule has 0 saturated heterocycles. The Kier molecular flexibility index (Phi) is 3.03. The van der Waals surface area contributed by atoms with Gasteiger partial charge in [0.1, 0.15) is 0 Å². The molecule has 1 atom stereocenters. The molecule has 0 bridgehead atoms. The molecule has 0 aliphatic carbocycles. The van der Waals surface area contributed by atoms with Gasteiger partial charge in [-0.2, -0.15) is 5.26 Å². The Bertz CT molecular complexity index is 397. The van der Waals surface area contributed by atoms with Crippen LogP contribution >= 0.6 is 0 Å². The number of nitrogens with two attached hydrogens (primary N) is 1. The van der Waals surface area contributed by atoms with Crippen molar-refractivity contribution >= 4 is 8.07 Å². The Morgan fingerprint density at radius 3 is 2.40 bits per heavy atom. The predicted octanol–water partition coefficient (Wildman–Crippen LogP) is 2.61. The van der Waals surface area contributed by atoms with E-state index < -0.39 is 8.07 Å². The van der Waals surface area contributed by atoms with Gasteiger partial charge in [0.25, 0.3) is 0 Å². The maximum atomic E-state index is 8.85. The summed E-state index contributed by atoms with van der Waals surface area (Å²) in [5.41, 5.74) is 8.14. The van der Waals surface area contributed by atoms with Crippen LogP contribution < -0.4 is 5.73 Å². The molecule has 2 nitrogen and oxygen atoms in total. The highest BCUT2D eigenvalue weighted by Crippen LogP contribution is 2.28. The quantitative estimate of drug-likeness (QED) is 0.776. The average Bonchev–Trinajstić information content (AvgIpc) is 2.16. The van der Waals surface area contributed by atoms with E-state index in [4.69, 9.17) is 11.0 Å². The molecule has 0 saturated carbocycles. The van der Waals surface area contributed by atoms with Crippen LogP contribution in [0.15, 0.2) is 24.3 Å². The number of nitriles is 1. The smallest absolute Gasteiger partial charge is 0.0991 e. The molecule has 0 fully saturated rings. The third-order valence-corrected chi connectivity index (χ3v) is 6.55. The zero-order valence-corrected chi connectivity index (χ0v) is 10.8. The van der Waals surface area contributed by atoms with Crippen LogP contribution in [0, 0.1) is 11.3 Å². The van der Waals surface area contributed by atoms with E-state index >= 15 is 0 Å². The molecule has 0 radical (unpaired) electrons. The molecule has 0 aliphatic rings. The monoisotopic (exact) mass is 218 g/mol. The number of hydrogen-bond acceptors (Lipinski definition) is 2. The minimum Gasteiger partial charge on any atom is -0.324 e. The standard InChI is InChI=1S/C12H18N2Si/c1-12(14,15(2,3)4)11-7-5-6-10(8-11)9-13/h5-8H,14H2,1-4H3. The van der Waals surface area contributed by atoms with Crippen LogP contribution in [0.5, 0.6) is 0 Å². The van der Waals surface area contributed by atoms with Gasteiger partial charge < -0.3 is 5.73 Å². The van der Waals surface area contributed by atoms with Crippen molar-refractivity contribution in [1.29, 1.82) is 5.26 Å². The Hall–Kier alpha value is -1.11. The lowest BCUT2D eigenvalue weighted by Gasteiger charge is -2.37. The first-order valence-electron chi connectivity index (χ1n) is 5.08. The van der Waals surface area contributed by atoms with Gasteiger partial charge in [-0.05, 0) is 24.6 Å². The number of hydrogen-bond donors (Lipinski definition) is 1. The maximum absolute atomic E-state index is 8.85. The fourth-order valence-electron chi connectivity index (χ4n) is 1.34. The van der Waals surface area contributed by atoms with Crippen LogP contribution in [-0.4, -0.2) is 8.07 Å². The lowest BCUT2D eigenvalue weighted by Crippen LogP contribution is -2.54. The molecule has 15 heavy (non-hydrogen) atoms. The summed E-state index contributed by atoms with van der Waals surface area (Å²) in [6.07, 6.45) is 0. The van der Waals surface area contributed by atoms with Crippen molar-refractivity contribution in [2.45, 2.75) is 31.7 Å². The van der Waals surface area contributed by atoms with Crippen LogP contribution in [0.3, 0.4) is 0 Å². The fourth-order valence-corrected chi connectivity index (χ4v) is 2.37. The van der Waals surface area contributed by atoms with Crippen molar-refractivity contribution in [3.05, 3.63) is 35.4 Å². The van der Waals surface area contributed by atoms with E-state index in [9.17, 15) is 0 Å². The summed E-state index contributed by atoms with van der Waals surface area (Å²) in [6, 6.07) is 9.78. The number of benzene rings is 1. The highest BCUT2D eigenvalue weighted by molar-refractivity contribution is 6.78. The molecule has 80 valence electrons. The number of nitrogens with zero attached hydrogens (tertiary/aromatic N) is 1.